The highest BCUT2D eigenvalue weighted by atomic mass is 79.9. The summed E-state index contributed by atoms with van der Waals surface area (Å²) in [5.41, 5.74) is 2.80. The van der Waals surface area contributed by atoms with Crippen LogP contribution in [-0.2, 0) is 6.42 Å². The molecule has 0 aromatic heterocycles. The molecule has 3 heteroatoms. The molecule has 2 rings (SSSR count). The van der Waals surface area contributed by atoms with E-state index in [2.05, 4.69) is 28.9 Å². The molecule has 0 radical (unpaired) electrons. The van der Waals surface area contributed by atoms with Crippen LogP contribution in [0.2, 0.25) is 5.02 Å². The lowest BCUT2D eigenvalue weighted by Gasteiger charge is -2.14. The van der Waals surface area contributed by atoms with Crippen LogP contribution in [0.25, 0.3) is 0 Å². The van der Waals surface area contributed by atoms with Crippen molar-refractivity contribution in [3.8, 4) is 0 Å². The highest BCUT2D eigenvalue weighted by Crippen LogP contribution is 2.33. The Morgan fingerprint density at radius 1 is 1.22 bits per heavy atom. The molecule has 2 aromatic rings. The van der Waals surface area contributed by atoms with Crippen LogP contribution in [0.3, 0.4) is 0 Å². The van der Waals surface area contributed by atoms with Crippen molar-refractivity contribution >= 4 is 27.5 Å². The van der Waals surface area contributed by atoms with Gasteiger partial charge in [0.2, 0.25) is 0 Å². The van der Waals surface area contributed by atoms with E-state index in [1.165, 1.54) is 5.56 Å². The van der Waals surface area contributed by atoms with E-state index in [4.69, 9.17) is 11.6 Å². The number of aliphatic hydroxyl groups is 1. The first-order valence-electron chi connectivity index (χ1n) is 5.84. The van der Waals surface area contributed by atoms with Gasteiger partial charge in [-0.05, 0) is 39.5 Å². The molecule has 18 heavy (non-hydrogen) atoms. The molecule has 0 amide bonds. The molecular formula is C15H14BrClO. The van der Waals surface area contributed by atoms with Crippen molar-refractivity contribution in [1.82, 2.24) is 0 Å². The molecule has 0 aliphatic heterocycles. The van der Waals surface area contributed by atoms with Crippen molar-refractivity contribution < 1.29 is 5.11 Å². The molecule has 2 aromatic carbocycles. The SMILES string of the molecule is CCc1cccc(C(O)c2cccc(Br)c2Cl)c1. The summed E-state index contributed by atoms with van der Waals surface area (Å²) >= 11 is 9.58. The van der Waals surface area contributed by atoms with E-state index in [0.29, 0.717) is 5.02 Å². The summed E-state index contributed by atoms with van der Waals surface area (Å²) in [6.45, 7) is 2.09. The fourth-order valence-electron chi connectivity index (χ4n) is 1.89. The van der Waals surface area contributed by atoms with E-state index in [1.54, 1.807) is 0 Å². The molecule has 94 valence electrons. The molecule has 0 saturated heterocycles. The Hall–Kier alpha value is -0.830. The van der Waals surface area contributed by atoms with Crippen LogP contribution < -0.4 is 0 Å². The van der Waals surface area contributed by atoms with Gasteiger partial charge in [0.1, 0.15) is 6.10 Å². The molecule has 0 heterocycles. The summed E-state index contributed by atoms with van der Waals surface area (Å²) in [4.78, 5) is 0. The average molecular weight is 326 g/mol. The number of hydrogen-bond acceptors (Lipinski definition) is 1. The number of hydrogen-bond donors (Lipinski definition) is 1. The van der Waals surface area contributed by atoms with Crippen LogP contribution in [0.1, 0.15) is 29.7 Å². The highest BCUT2D eigenvalue weighted by molar-refractivity contribution is 9.10. The average Bonchev–Trinajstić information content (AvgIpc) is 2.41. The van der Waals surface area contributed by atoms with Gasteiger partial charge in [0, 0.05) is 10.0 Å². The van der Waals surface area contributed by atoms with Gasteiger partial charge in [-0.25, -0.2) is 0 Å². The quantitative estimate of drug-likeness (QED) is 0.863. The minimum absolute atomic E-state index is 0.562. The number of halogens is 2. The van der Waals surface area contributed by atoms with Gasteiger partial charge in [-0.2, -0.15) is 0 Å². The minimum atomic E-state index is -0.693. The van der Waals surface area contributed by atoms with Gasteiger partial charge in [0.05, 0.1) is 5.02 Å². The molecule has 1 nitrogen and oxygen atoms in total. The highest BCUT2D eigenvalue weighted by Gasteiger charge is 2.15. The monoisotopic (exact) mass is 324 g/mol. The zero-order valence-electron chi connectivity index (χ0n) is 10.0. The second kappa shape index (κ2) is 5.87. The Kier molecular flexibility index (Phi) is 4.44. The third-order valence-electron chi connectivity index (χ3n) is 2.95. The summed E-state index contributed by atoms with van der Waals surface area (Å²) in [5, 5.41) is 11.0. The predicted octanol–water partition coefficient (Wildman–Crippen LogP) is 4.75. The number of aliphatic hydroxyl groups excluding tert-OH is 1. The van der Waals surface area contributed by atoms with Crippen molar-refractivity contribution in [2.75, 3.05) is 0 Å². The summed E-state index contributed by atoms with van der Waals surface area (Å²) in [7, 11) is 0. The van der Waals surface area contributed by atoms with E-state index < -0.39 is 6.10 Å². The number of aryl methyl sites for hydroxylation is 1. The first kappa shape index (κ1) is 13.6. The van der Waals surface area contributed by atoms with Crippen molar-refractivity contribution in [2.24, 2.45) is 0 Å². The van der Waals surface area contributed by atoms with Crippen molar-refractivity contribution in [3.63, 3.8) is 0 Å². The Bertz CT molecular complexity index is 554. The van der Waals surface area contributed by atoms with Gasteiger partial charge in [0.15, 0.2) is 0 Å². The number of benzene rings is 2. The van der Waals surface area contributed by atoms with Crippen LogP contribution in [0.5, 0.6) is 0 Å². The number of rotatable bonds is 3. The molecule has 0 bridgehead atoms. The van der Waals surface area contributed by atoms with Gasteiger partial charge < -0.3 is 5.11 Å². The summed E-state index contributed by atoms with van der Waals surface area (Å²) < 4.78 is 0.798. The molecule has 0 fully saturated rings. The molecular weight excluding hydrogens is 312 g/mol. The van der Waals surface area contributed by atoms with Crippen molar-refractivity contribution in [3.05, 3.63) is 68.7 Å². The fraction of sp³-hybridized carbons (Fsp3) is 0.200. The first-order chi connectivity index (χ1) is 8.63. The maximum absolute atomic E-state index is 10.4. The van der Waals surface area contributed by atoms with E-state index in [0.717, 1.165) is 22.0 Å². The minimum Gasteiger partial charge on any atom is -0.384 e. The van der Waals surface area contributed by atoms with Crippen LogP contribution in [0, 0.1) is 0 Å². The maximum Gasteiger partial charge on any atom is 0.106 e. The molecule has 1 unspecified atom stereocenters. The van der Waals surface area contributed by atoms with Gasteiger partial charge >= 0.3 is 0 Å². The summed E-state index contributed by atoms with van der Waals surface area (Å²) in [5.74, 6) is 0. The van der Waals surface area contributed by atoms with E-state index in [9.17, 15) is 5.11 Å². The zero-order valence-corrected chi connectivity index (χ0v) is 12.4. The Morgan fingerprint density at radius 2 is 1.94 bits per heavy atom. The topological polar surface area (TPSA) is 20.2 Å². The third kappa shape index (κ3) is 2.77. The molecule has 0 aliphatic carbocycles. The second-order valence-electron chi connectivity index (χ2n) is 4.14. The molecule has 0 aliphatic rings. The van der Waals surface area contributed by atoms with E-state index >= 15 is 0 Å². The Labute approximate surface area is 121 Å². The largest absolute Gasteiger partial charge is 0.384 e. The smallest absolute Gasteiger partial charge is 0.106 e. The molecule has 0 spiro atoms. The molecule has 1 N–H and O–H groups in total. The second-order valence-corrected chi connectivity index (χ2v) is 5.38. The van der Waals surface area contributed by atoms with Crippen LogP contribution in [0.15, 0.2) is 46.9 Å². The van der Waals surface area contributed by atoms with Gasteiger partial charge in [-0.15, -0.1) is 0 Å². The van der Waals surface area contributed by atoms with Gasteiger partial charge in [0.25, 0.3) is 0 Å². The maximum atomic E-state index is 10.4. The van der Waals surface area contributed by atoms with Crippen LogP contribution in [-0.4, -0.2) is 5.11 Å². The lowest BCUT2D eigenvalue weighted by atomic mass is 9.99. The van der Waals surface area contributed by atoms with Gasteiger partial charge in [-0.3, -0.25) is 0 Å². The standard InChI is InChI=1S/C15H14BrClO/c1-2-10-5-3-6-11(9-10)15(18)12-7-4-8-13(16)14(12)17/h3-9,15,18H,2H2,1H3. The van der Waals surface area contributed by atoms with E-state index in [1.807, 2.05) is 36.4 Å². The fourth-order valence-corrected chi connectivity index (χ4v) is 2.51. The van der Waals surface area contributed by atoms with Crippen LogP contribution in [0.4, 0.5) is 0 Å². The zero-order chi connectivity index (χ0) is 13.1. The lowest BCUT2D eigenvalue weighted by Crippen LogP contribution is -2.01. The first-order valence-corrected chi connectivity index (χ1v) is 7.01. The lowest BCUT2D eigenvalue weighted by molar-refractivity contribution is 0.220. The van der Waals surface area contributed by atoms with Crippen molar-refractivity contribution in [1.29, 1.82) is 0 Å². The van der Waals surface area contributed by atoms with Crippen molar-refractivity contribution in [2.45, 2.75) is 19.4 Å². The summed E-state index contributed by atoms with van der Waals surface area (Å²) in [6, 6.07) is 13.5. The molecule has 1 atom stereocenters. The molecule has 0 saturated carbocycles. The normalized spacial score (nSPS) is 12.4. The van der Waals surface area contributed by atoms with Crippen LogP contribution >= 0.6 is 27.5 Å². The predicted molar refractivity (Wildman–Crippen MR) is 79.0 cm³/mol. The Morgan fingerprint density at radius 3 is 2.67 bits per heavy atom. The third-order valence-corrected chi connectivity index (χ3v) is 4.26. The Balaban J connectivity index is 2.41. The summed E-state index contributed by atoms with van der Waals surface area (Å²) in [6.07, 6.45) is 0.258. The van der Waals surface area contributed by atoms with E-state index in [-0.39, 0.29) is 0 Å². The van der Waals surface area contributed by atoms with Gasteiger partial charge in [-0.1, -0.05) is 54.9 Å².